The molecule has 32 heavy (non-hydrogen) atoms. The Bertz CT molecular complexity index is 1250. The Kier molecular flexibility index (Phi) is 5.84. The maximum absolute atomic E-state index is 11.7. The van der Waals surface area contributed by atoms with Gasteiger partial charge in [-0.3, -0.25) is 19.9 Å². The average Bonchev–Trinajstić information content (AvgIpc) is 3.28. The number of nitro groups is 1. The highest BCUT2D eigenvalue weighted by atomic mass is 16.6. The molecule has 1 amide bonds. The van der Waals surface area contributed by atoms with E-state index in [1.165, 1.54) is 25.4 Å². The Morgan fingerprint density at radius 2 is 1.84 bits per heavy atom. The van der Waals surface area contributed by atoms with Crippen LogP contribution in [0.25, 0.3) is 11.4 Å². The summed E-state index contributed by atoms with van der Waals surface area (Å²) in [7, 11) is 1.54. The van der Waals surface area contributed by atoms with Crippen LogP contribution in [0.4, 0.5) is 5.69 Å². The van der Waals surface area contributed by atoms with Crippen LogP contribution in [-0.4, -0.2) is 33.0 Å². The lowest BCUT2D eigenvalue weighted by atomic mass is 10.1. The second kappa shape index (κ2) is 9.04. The molecule has 0 spiro atoms. The van der Waals surface area contributed by atoms with Gasteiger partial charge in [-0.1, -0.05) is 17.3 Å². The summed E-state index contributed by atoms with van der Waals surface area (Å²) in [6.45, 7) is 0. The van der Waals surface area contributed by atoms with Crippen molar-refractivity contribution >= 4 is 11.6 Å². The molecule has 0 saturated carbocycles. The molecule has 1 N–H and O–H groups in total. The smallest absolute Gasteiger partial charge is 0.269 e. The van der Waals surface area contributed by atoms with Gasteiger partial charge in [-0.05, 0) is 35.9 Å². The van der Waals surface area contributed by atoms with Gasteiger partial charge in [0.05, 0.1) is 11.3 Å². The first-order chi connectivity index (χ1) is 15.5. The molecule has 0 atom stereocenters. The minimum atomic E-state index is -0.464. The first-order valence-corrected chi connectivity index (χ1v) is 9.54. The number of pyridine rings is 1. The number of carbonyl (C=O) groups is 1. The number of hydrogen-bond donors (Lipinski definition) is 1. The van der Waals surface area contributed by atoms with Gasteiger partial charge in [0.1, 0.15) is 17.2 Å². The van der Waals surface area contributed by atoms with Crippen LogP contribution in [0, 0.1) is 10.1 Å². The lowest BCUT2D eigenvalue weighted by Crippen LogP contribution is -2.18. The minimum absolute atomic E-state index is 0.00334. The van der Waals surface area contributed by atoms with Crippen LogP contribution in [0.15, 0.2) is 71.4 Å². The van der Waals surface area contributed by atoms with Crippen LogP contribution in [-0.2, 0) is 6.42 Å². The number of hydrogen-bond acceptors (Lipinski definition) is 8. The molecule has 4 rings (SSSR count). The number of amides is 1. The van der Waals surface area contributed by atoms with Crippen molar-refractivity contribution in [2.45, 2.75) is 6.42 Å². The summed E-state index contributed by atoms with van der Waals surface area (Å²) in [4.78, 5) is 30.3. The van der Waals surface area contributed by atoms with Crippen molar-refractivity contribution in [1.82, 2.24) is 20.4 Å². The zero-order valence-electron chi connectivity index (χ0n) is 16.9. The Morgan fingerprint density at radius 3 is 2.53 bits per heavy atom. The number of non-ortho nitro benzene ring substituents is 1. The molecule has 10 nitrogen and oxygen atoms in total. The summed E-state index contributed by atoms with van der Waals surface area (Å²) in [5.41, 5.74) is 1.82. The quantitative estimate of drug-likeness (QED) is 0.345. The molecule has 0 unspecified atom stereocenters. The maximum atomic E-state index is 11.7. The van der Waals surface area contributed by atoms with E-state index in [0.717, 1.165) is 5.56 Å². The molecule has 0 saturated heterocycles. The lowest BCUT2D eigenvalue weighted by molar-refractivity contribution is -0.384. The molecule has 0 bridgehead atoms. The van der Waals surface area contributed by atoms with Gasteiger partial charge in [-0.2, -0.15) is 4.98 Å². The minimum Gasteiger partial charge on any atom is -0.457 e. The molecule has 2 heterocycles. The molecule has 10 heteroatoms. The Hall–Kier alpha value is -4.60. The fourth-order valence-electron chi connectivity index (χ4n) is 2.89. The zero-order chi connectivity index (χ0) is 22.5. The van der Waals surface area contributed by atoms with Crippen LogP contribution in [0.3, 0.4) is 0 Å². The van der Waals surface area contributed by atoms with Crippen molar-refractivity contribution in [2.24, 2.45) is 0 Å². The lowest BCUT2D eigenvalue weighted by Gasteiger charge is -2.07. The number of rotatable bonds is 7. The Balaban J connectivity index is 1.41. The summed E-state index contributed by atoms with van der Waals surface area (Å²) >= 11 is 0. The summed E-state index contributed by atoms with van der Waals surface area (Å²) in [5.74, 6) is 1.57. The molecular formula is C22H17N5O5. The van der Waals surface area contributed by atoms with Crippen molar-refractivity contribution in [3.05, 3.63) is 94.1 Å². The van der Waals surface area contributed by atoms with E-state index in [4.69, 9.17) is 9.26 Å². The molecule has 0 aliphatic heterocycles. The molecule has 160 valence electrons. The first kappa shape index (κ1) is 20.7. The van der Waals surface area contributed by atoms with Gasteiger partial charge in [0.25, 0.3) is 11.6 Å². The van der Waals surface area contributed by atoms with E-state index in [2.05, 4.69) is 20.4 Å². The molecule has 0 radical (unpaired) electrons. The van der Waals surface area contributed by atoms with Crippen molar-refractivity contribution < 1.29 is 19.0 Å². The van der Waals surface area contributed by atoms with Gasteiger partial charge >= 0.3 is 0 Å². The number of ether oxygens (including phenoxy) is 1. The van der Waals surface area contributed by atoms with Crippen LogP contribution < -0.4 is 10.1 Å². The first-order valence-electron chi connectivity index (χ1n) is 9.54. The van der Waals surface area contributed by atoms with Crippen LogP contribution >= 0.6 is 0 Å². The van der Waals surface area contributed by atoms with Crippen molar-refractivity contribution in [3.8, 4) is 22.9 Å². The molecule has 4 aromatic rings. The van der Waals surface area contributed by atoms with E-state index in [1.54, 1.807) is 36.4 Å². The highest BCUT2D eigenvalue weighted by Crippen LogP contribution is 2.24. The summed E-state index contributed by atoms with van der Waals surface area (Å²) < 4.78 is 11.1. The molecule has 0 fully saturated rings. The summed E-state index contributed by atoms with van der Waals surface area (Å²) in [6, 6.07) is 16.5. The predicted octanol–water partition coefficient (Wildman–Crippen LogP) is 3.78. The monoisotopic (exact) mass is 431 g/mol. The molecule has 2 aromatic heterocycles. The van der Waals surface area contributed by atoms with Gasteiger partial charge in [0.2, 0.25) is 11.7 Å². The highest BCUT2D eigenvalue weighted by Gasteiger charge is 2.12. The van der Waals surface area contributed by atoms with Gasteiger partial charge < -0.3 is 14.6 Å². The Morgan fingerprint density at radius 1 is 1.09 bits per heavy atom. The normalized spacial score (nSPS) is 10.5. The van der Waals surface area contributed by atoms with Crippen molar-refractivity contribution in [3.63, 3.8) is 0 Å². The third kappa shape index (κ3) is 4.75. The Labute approximate surface area is 182 Å². The number of nitro benzene ring substituents is 1. The van der Waals surface area contributed by atoms with E-state index in [0.29, 0.717) is 35.2 Å². The largest absolute Gasteiger partial charge is 0.457 e. The fourth-order valence-corrected chi connectivity index (χ4v) is 2.89. The number of benzene rings is 2. The van der Waals surface area contributed by atoms with Crippen molar-refractivity contribution in [1.29, 1.82) is 0 Å². The van der Waals surface area contributed by atoms with Gasteiger partial charge in [0, 0.05) is 37.0 Å². The zero-order valence-corrected chi connectivity index (χ0v) is 16.9. The SMILES string of the molecule is CNC(=O)c1cc(Oc2ccc(Cc3nc(-c4ccc([N+](=O)[O-])cc4)no3)cc2)ccn1. The highest BCUT2D eigenvalue weighted by molar-refractivity contribution is 5.92. The van der Waals surface area contributed by atoms with Crippen molar-refractivity contribution in [2.75, 3.05) is 7.05 Å². The van der Waals surface area contributed by atoms with Gasteiger partial charge in [-0.25, -0.2) is 0 Å². The van der Waals surface area contributed by atoms with E-state index in [9.17, 15) is 14.9 Å². The second-order valence-electron chi connectivity index (χ2n) is 6.69. The standard InChI is InChI=1S/C22H17N5O5/c1-23-22(28)19-13-18(10-11-24-19)31-17-8-2-14(3-9-17)12-20-25-21(26-32-20)15-4-6-16(7-5-15)27(29)30/h2-11,13H,12H2,1H3,(H,23,28). The van der Waals surface area contributed by atoms with E-state index < -0.39 is 4.92 Å². The summed E-state index contributed by atoms with van der Waals surface area (Å²) in [6.07, 6.45) is 1.92. The number of aromatic nitrogens is 3. The van der Waals surface area contributed by atoms with Crippen LogP contribution in [0.5, 0.6) is 11.5 Å². The predicted molar refractivity (Wildman–Crippen MR) is 113 cm³/mol. The van der Waals surface area contributed by atoms with E-state index >= 15 is 0 Å². The van der Waals surface area contributed by atoms with Crippen LogP contribution in [0.1, 0.15) is 21.9 Å². The number of nitrogens with one attached hydrogen (secondary N) is 1. The third-order valence-electron chi connectivity index (χ3n) is 4.51. The topological polar surface area (TPSA) is 133 Å². The van der Waals surface area contributed by atoms with Crippen LogP contribution in [0.2, 0.25) is 0 Å². The number of carbonyl (C=O) groups excluding carboxylic acids is 1. The van der Waals surface area contributed by atoms with Gasteiger partial charge in [0.15, 0.2) is 0 Å². The van der Waals surface area contributed by atoms with E-state index in [1.807, 2.05) is 12.1 Å². The summed E-state index contributed by atoms with van der Waals surface area (Å²) in [5, 5.41) is 17.2. The second-order valence-corrected chi connectivity index (χ2v) is 6.69. The third-order valence-corrected chi connectivity index (χ3v) is 4.51. The molecule has 0 aliphatic carbocycles. The number of nitrogens with zero attached hydrogens (tertiary/aromatic N) is 4. The molecule has 0 aliphatic rings. The maximum Gasteiger partial charge on any atom is 0.269 e. The average molecular weight is 431 g/mol. The molecule has 2 aromatic carbocycles. The van der Waals surface area contributed by atoms with Gasteiger partial charge in [-0.15, -0.1) is 0 Å². The van der Waals surface area contributed by atoms with E-state index in [-0.39, 0.29) is 17.3 Å². The fraction of sp³-hybridized carbons (Fsp3) is 0.0909. The molecular weight excluding hydrogens is 414 g/mol.